The summed E-state index contributed by atoms with van der Waals surface area (Å²) in [6.07, 6.45) is 3.43. The second kappa shape index (κ2) is 7.46. The van der Waals surface area contributed by atoms with Crippen molar-refractivity contribution in [3.05, 3.63) is 65.7 Å². The average molecular weight is 294 g/mol. The summed E-state index contributed by atoms with van der Waals surface area (Å²) in [5, 5.41) is 0. The van der Waals surface area contributed by atoms with Gasteiger partial charge in [0.2, 0.25) is 0 Å². The maximum Gasteiger partial charge on any atom is 0.185 e. The van der Waals surface area contributed by atoms with E-state index in [9.17, 15) is 4.79 Å². The Bertz CT molecular complexity index is 638. The summed E-state index contributed by atoms with van der Waals surface area (Å²) in [5.74, 6) is -0.0205. The van der Waals surface area contributed by atoms with Gasteiger partial charge in [0.05, 0.1) is 0 Å². The lowest BCUT2D eigenvalue weighted by atomic mass is 10.1. The van der Waals surface area contributed by atoms with Crippen LogP contribution < -0.4 is 10.6 Å². The van der Waals surface area contributed by atoms with Gasteiger partial charge in [-0.25, -0.2) is 0 Å². The molecule has 0 saturated heterocycles. The van der Waals surface area contributed by atoms with E-state index in [1.54, 1.807) is 30.3 Å². The zero-order valence-corrected chi connectivity index (χ0v) is 13.1. The van der Waals surface area contributed by atoms with Crippen LogP contribution in [0.3, 0.4) is 0 Å². The largest absolute Gasteiger partial charge is 0.399 e. The lowest BCUT2D eigenvalue weighted by Crippen LogP contribution is -2.21. The summed E-state index contributed by atoms with van der Waals surface area (Å²) in [5.41, 5.74) is 9.14. The van der Waals surface area contributed by atoms with E-state index in [4.69, 9.17) is 5.73 Å². The van der Waals surface area contributed by atoms with Crippen LogP contribution in [0.5, 0.6) is 0 Å². The van der Waals surface area contributed by atoms with Crippen molar-refractivity contribution in [3.8, 4) is 0 Å². The quantitative estimate of drug-likeness (QED) is 0.497. The molecule has 2 aromatic rings. The highest BCUT2D eigenvalue weighted by Gasteiger charge is 2.02. The van der Waals surface area contributed by atoms with Crippen molar-refractivity contribution in [1.29, 1.82) is 0 Å². The van der Waals surface area contributed by atoms with E-state index in [-0.39, 0.29) is 5.78 Å². The van der Waals surface area contributed by atoms with E-state index in [0.29, 0.717) is 11.3 Å². The van der Waals surface area contributed by atoms with Crippen molar-refractivity contribution in [2.45, 2.75) is 13.8 Å². The number of ketones is 1. The lowest BCUT2D eigenvalue weighted by Gasteiger charge is -2.20. The molecular formula is C19H22N2O. The molecule has 0 amide bonds. The second-order valence-electron chi connectivity index (χ2n) is 5.08. The van der Waals surface area contributed by atoms with Gasteiger partial charge in [-0.1, -0.05) is 18.2 Å². The first-order valence-corrected chi connectivity index (χ1v) is 7.57. The fraction of sp³-hybridized carbons (Fsp3) is 0.211. The molecule has 0 heterocycles. The Labute approximate surface area is 132 Å². The van der Waals surface area contributed by atoms with Gasteiger partial charge >= 0.3 is 0 Å². The zero-order valence-electron chi connectivity index (χ0n) is 13.1. The number of nitrogens with two attached hydrogens (primary N) is 1. The molecule has 0 atom stereocenters. The molecule has 22 heavy (non-hydrogen) atoms. The molecule has 0 saturated carbocycles. The number of benzene rings is 2. The maximum absolute atomic E-state index is 12.1. The van der Waals surface area contributed by atoms with Crippen molar-refractivity contribution < 1.29 is 4.79 Å². The minimum atomic E-state index is -0.0205. The fourth-order valence-electron chi connectivity index (χ4n) is 2.30. The second-order valence-corrected chi connectivity index (χ2v) is 5.08. The van der Waals surface area contributed by atoms with Crippen LogP contribution in [-0.2, 0) is 0 Å². The molecule has 0 spiro atoms. The maximum atomic E-state index is 12.1. The molecule has 114 valence electrons. The Morgan fingerprint density at radius 1 is 1.00 bits per heavy atom. The van der Waals surface area contributed by atoms with Crippen LogP contribution in [0.4, 0.5) is 11.4 Å². The van der Waals surface area contributed by atoms with Crippen LogP contribution in [0.1, 0.15) is 29.8 Å². The van der Waals surface area contributed by atoms with Gasteiger partial charge in [0.1, 0.15) is 0 Å². The van der Waals surface area contributed by atoms with Crippen LogP contribution in [-0.4, -0.2) is 18.9 Å². The number of hydrogen-bond acceptors (Lipinski definition) is 3. The molecule has 2 rings (SSSR count). The summed E-state index contributed by atoms with van der Waals surface area (Å²) in [4.78, 5) is 14.3. The highest BCUT2D eigenvalue weighted by atomic mass is 16.1. The Kier molecular flexibility index (Phi) is 5.37. The van der Waals surface area contributed by atoms with Crippen LogP contribution >= 0.6 is 0 Å². The Hall–Kier alpha value is -2.55. The number of rotatable bonds is 6. The lowest BCUT2D eigenvalue weighted by molar-refractivity contribution is 0.104. The normalized spacial score (nSPS) is 10.8. The van der Waals surface area contributed by atoms with E-state index < -0.39 is 0 Å². The van der Waals surface area contributed by atoms with E-state index in [0.717, 1.165) is 18.7 Å². The predicted octanol–water partition coefficient (Wildman–Crippen LogP) is 4.01. The summed E-state index contributed by atoms with van der Waals surface area (Å²) >= 11 is 0. The molecule has 0 aromatic heterocycles. The van der Waals surface area contributed by atoms with Crippen molar-refractivity contribution >= 4 is 23.2 Å². The molecule has 0 aliphatic carbocycles. The van der Waals surface area contributed by atoms with Gasteiger partial charge in [0, 0.05) is 30.0 Å². The number of anilines is 2. The van der Waals surface area contributed by atoms with Crippen molar-refractivity contribution in [2.24, 2.45) is 0 Å². The van der Waals surface area contributed by atoms with Crippen LogP contribution in [0.25, 0.3) is 6.08 Å². The highest BCUT2D eigenvalue weighted by Crippen LogP contribution is 2.16. The molecule has 0 aliphatic rings. The SMILES string of the molecule is CCN(CC)c1ccc(/C=C/C(=O)c2ccc(N)cc2)cc1. The first kappa shape index (κ1) is 15.8. The fourth-order valence-corrected chi connectivity index (χ4v) is 2.30. The van der Waals surface area contributed by atoms with E-state index in [1.165, 1.54) is 5.69 Å². The van der Waals surface area contributed by atoms with Gasteiger partial charge in [-0.2, -0.15) is 0 Å². The van der Waals surface area contributed by atoms with Gasteiger partial charge in [-0.3, -0.25) is 4.79 Å². The number of carbonyl (C=O) groups excluding carboxylic acids is 1. The molecule has 0 unspecified atom stereocenters. The molecule has 2 aromatic carbocycles. The summed E-state index contributed by atoms with van der Waals surface area (Å²) in [6.45, 7) is 6.26. The zero-order chi connectivity index (χ0) is 15.9. The third kappa shape index (κ3) is 3.98. The molecule has 0 fully saturated rings. The molecule has 0 bridgehead atoms. The molecule has 0 aliphatic heterocycles. The number of hydrogen-bond donors (Lipinski definition) is 1. The van der Waals surface area contributed by atoms with Gasteiger partial charge in [-0.15, -0.1) is 0 Å². The summed E-state index contributed by atoms with van der Waals surface area (Å²) in [6, 6.07) is 15.2. The third-order valence-corrected chi connectivity index (χ3v) is 3.64. The van der Waals surface area contributed by atoms with Gasteiger partial charge < -0.3 is 10.6 Å². The van der Waals surface area contributed by atoms with Crippen LogP contribution in [0, 0.1) is 0 Å². The number of allylic oxidation sites excluding steroid dienone is 1. The van der Waals surface area contributed by atoms with Crippen molar-refractivity contribution in [2.75, 3.05) is 23.7 Å². The highest BCUT2D eigenvalue weighted by molar-refractivity contribution is 6.06. The van der Waals surface area contributed by atoms with Crippen molar-refractivity contribution in [3.63, 3.8) is 0 Å². The Morgan fingerprint density at radius 3 is 2.14 bits per heavy atom. The molecule has 3 heteroatoms. The van der Waals surface area contributed by atoms with Gasteiger partial charge in [0.25, 0.3) is 0 Å². The molecular weight excluding hydrogens is 272 g/mol. The monoisotopic (exact) mass is 294 g/mol. The minimum Gasteiger partial charge on any atom is -0.399 e. The predicted molar refractivity (Wildman–Crippen MR) is 94.2 cm³/mol. The van der Waals surface area contributed by atoms with E-state index in [1.807, 2.05) is 18.2 Å². The van der Waals surface area contributed by atoms with E-state index in [2.05, 4.69) is 30.9 Å². The Morgan fingerprint density at radius 2 is 1.59 bits per heavy atom. The van der Waals surface area contributed by atoms with Crippen molar-refractivity contribution in [1.82, 2.24) is 0 Å². The summed E-state index contributed by atoms with van der Waals surface area (Å²) < 4.78 is 0. The topological polar surface area (TPSA) is 46.3 Å². The van der Waals surface area contributed by atoms with Gasteiger partial charge in [0.15, 0.2) is 5.78 Å². The first-order chi connectivity index (χ1) is 10.6. The van der Waals surface area contributed by atoms with E-state index >= 15 is 0 Å². The third-order valence-electron chi connectivity index (χ3n) is 3.64. The number of carbonyl (C=O) groups is 1. The molecule has 3 nitrogen and oxygen atoms in total. The minimum absolute atomic E-state index is 0.0205. The first-order valence-electron chi connectivity index (χ1n) is 7.57. The van der Waals surface area contributed by atoms with Crippen LogP contribution in [0.2, 0.25) is 0 Å². The average Bonchev–Trinajstić information content (AvgIpc) is 2.55. The smallest absolute Gasteiger partial charge is 0.185 e. The molecule has 0 radical (unpaired) electrons. The molecule has 2 N–H and O–H groups in total. The number of nitrogens with zero attached hydrogens (tertiary/aromatic N) is 1. The number of nitrogen functional groups attached to an aromatic ring is 1. The Balaban J connectivity index is 2.06. The standard InChI is InChI=1S/C19H22N2O/c1-3-21(4-2)18-12-5-15(6-13-18)7-14-19(22)16-8-10-17(20)11-9-16/h5-14H,3-4,20H2,1-2H3/b14-7+. The van der Waals surface area contributed by atoms with Crippen LogP contribution in [0.15, 0.2) is 54.6 Å². The van der Waals surface area contributed by atoms with Gasteiger partial charge in [-0.05, 0) is 61.9 Å². The summed E-state index contributed by atoms with van der Waals surface area (Å²) in [7, 11) is 0.